The average molecular weight is 434 g/mol. The number of amides is 2. The summed E-state index contributed by atoms with van der Waals surface area (Å²) < 4.78 is 19.0. The monoisotopic (exact) mass is 433 g/mol. The molecule has 3 rings (SSSR count). The molecular formula is C22H25ClFN3O3. The fourth-order valence-electron chi connectivity index (χ4n) is 3.22. The molecule has 1 heterocycles. The number of hydrogen-bond donors (Lipinski definition) is 0. The van der Waals surface area contributed by atoms with Crippen molar-refractivity contribution >= 4 is 23.4 Å². The molecule has 1 aliphatic heterocycles. The number of piperazine rings is 1. The van der Waals surface area contributed by atoms with Crippen molar-refractivity contribution < 1.29 is 18.7 Å². The van der Waals surface area contributed by atoms with Crippen molar-refractivity contribution in [3.05, 3.63) is 64.4 Å². The number of benzene rings is 2. The minimum Gasteiger partial charge on any atom is -0.491 e. The molecule has 0 N–H and O–H groups in total. The summed E-state index contributed by atoms with van der Waals surface area (Å²) in [5, 5.41) is 0.0855. The van der Waals surface area contributed by atoms with E-state index in [1.807, 2.05) is 31.1 Å². The molecule has 1 saturated heterocycles. The summed E-state index contributed by atoms with van der Waals surface area (Å²) in [6.07, 6.45) is 0. The van der Waals surface area contributed by atoms with Crippen molar-refractivity contribution in [1.29, 1.82) is 0 Å². The first-order valence-corrected chi connectivity index (χ1v) is 10.1. The molecule has 0 spiro atoms. The molecule has 30 heavy (non-hydrogen) atoms. The molecule has 2 amide bonds. The first kappa shape index (κ1) is 22.1. The summed E-state index contributed by atoms with van der Waals surface area (Å²) in [6.45, 7) is 2.78. The van der Waals surface area contributed by atoms with E-state index in [0.717, 1.165) is 12.6 Å². The van der Waals surface area contributed by atoms with Crippen molar-refractivity contribution in [2.24, 2.45) is 0 Å². The summed E-state index contributed by atoms with van der Waals surface area (Å²) in [7, 11) is 3.92. The van der Waals surface area contributed by atoms with Crippen molar-refractivity contribution in [1.82, 2.24) is 14.7 Å². The van der Waals surface area contributed by atoms with Crippen molar-refractivity contribution in [2.45, 2.75) is 0 Å². The zero-order chi connectivity index (χ0) is 21.7. The van der Waals surface area contributed by atoms with E-state index >= 15 is 0 Å². The standard InChI is InChI=1S/C22H25ClFN3O3/c1-25(2)13-14-30-20-6-4-3-5-18(20)22(29)27-11-9-26(10-12-27)21(28)17-8-7-16(24)15-19(17)23/h3-8,15H,9-14H2,1-2H3. The fraction of sp³-hybridized carbons (Fsp3) is 0.364. The molecule has 2 aromatic carbocycles. The van der Waals surface area contributed by atoms with Crippen LogP contribution >= 0.6 is 11.6 Å². The van der Waals surface area contributed by atoms with E-state index in [-0.39, 0.29) is 22.4 Å². The maximum absolute atomic E-state index is 13.2. The number of halogens is 2. The predicted octanol–water partition coefficient (Wildman–Crippen LogP) is 3.02. The molecule has 1 fully saturated rings. The molecule has 8 heteroatoms. The molecule has 6 nitrogen and oxygen atoms in total. The van der Waals surface area contributed by atoms with Crippen LogP contribution in [0.2, 0.25) is 5.02 Å². The van der Waals surface area contributed by atoms with Crippen LogP contribution in [-0.4, -0.2) is 79.9 Å². The zero-order valence-electron chi connectivity index (χ0n) is 17.1. The van der Waals surface area contributed by atoms with Crippen LogP contribution in [0.1, 0.15) is 20.7 Å². The number of rotatable bonds is 6. The number of carbonyl (C=O) groups is 2. The van der Waals surface area contributed by atoms with E-state index < -0.39 is 5.82 Å². The molecule has 160 valence electrons. The SMILES string of the molecule is CN(C)CCOc1ccccc1C(=O)N1CCN(C(=O)c2ccc(F)cc2Cl)CC1. The topological polar surface area (TPSA) is 53.1 Å². The number of hydrogen-bond acceptors (Lipinski definition) is 4. The first-order chi connectivity index (χ1) is 14.4. The molecule has 0 aromatic heterocycles. The Morgan fingerprint density at radius 1 is 1.00 bits per heavy atom. The Bertz CT molecular complexity index is 914. The molecule has 0 saturated carbocycles. The van der Waals surface area contributed by atoms with Crippen LogP contribution in [0, 0.1) is 5.82 Å². The summed E-state index contributed by atoms with van der Waals surface area (Å²) in [6, 6.07) is 10.9. The van der Waals surface area contributed by atoms with Crippen molar-refractivity contribution in [3.63, 3.8) is 0 Å². The van der Waals surface area contributed by atoms with Crippen LogP contribution in [0.3, 0.4) is 0 Å². The van der Waals surface area contributed by atoms with E-state index in [2.05, 4.69) is 0 Å². The lowest BCUT2D eigenvalue weighted by Gasteiger charge is -2.35. The van der Waals surface area contributed by atoms with Gasteiger partial charge in [-0.2, -0.15) is 0 Å². The Morgan fingerprint density at radius 3 is 2.20 bits per heavy atom. The predicted molar refractivity (Wildman–Crippen MR) is 114 cm³/mol. The van der Waals surface area contributed by atoms with Crippen LogP contribution < -0.4 is 4.74 Å². The van der Waals surface area contributed by atoms with Gasteiger partial charge in [-0.15, -0.1) is 0 Å². The van der Waals surface area contributed by atoms with Gasteiger partial charge in [-0.25, -0.2) is 4.39 Å². The Balaban J connectivity index is 1.62. The normalized spacial score (nSPS) is 14.2. The number of carbonyl (C=O) groups excluding carboxylic acids is 2. The van der Waals surface area contributed by atoms with Gasteiger partial charge in [-0.05, 0) is 44.4 Å². The smallest absolute Gasteiger partial charge is 0.257 e. The molecule has 1 aliphatic rings. The second-order valence-electron chi connectivity index (χ2n) is 7.36. The zero-order valence-corrected chi connectivity index (χ0v) is 17.9. The van der Waals surface area contributed by atoms with E-state index in [4.69, 9.17) is 16.3 Å². The highest BCUT2D eigenvalue weighted by Crippen LogP contribution is 2.23. The Hall–Kier alpha value is -2.64. The maximum Gasteiger partial charge on any atom is 0.257 e. The largest absolute Gasteiger partial charge is 0.491 e. The molecule has 2 aromatic rings. The fourth-order valence-corrected chi connectivity index (χ4v) is 3.47. The number of para-hydroxylation sites is 1. The highest BCUT2D eigenvalue weighted by Gasteiger charge is 2.27. The van der Waals surface area contributed by atoms with E-state index in [1.54, 1.807) is 21.9 Å². The summed E-state index contributed by atoms with van der Waals surface area (Å²) in [5.74, 6) is -0.318. The molecule has 0 atom stereocenters. The minimum absolute atomic E-state index is 0.0855. The third kappa shape index (κ3) is 5.29. The quantitative estimate of drug-likeness (QED) is 0.702. The van der Waals surface area contributed by atoms with Gasteiger partial charge in [0.25, 0.3) is 11.8 Å². The van der Waals surface area contributed by atoms with Crippen molar-refractivity contribution in [2.75, 3.05) is 53.4 Å². The van der Waals surface area contributed by atoms with Crippen LogP contribution in [-0.2, 0) is 0 Å². The highest BCUT2D eigenvalue weighted by atomic mass is 35.5. The third-order valence-electron chi connectivity index (χ3n) is 4.93. The van der Waals surface area contributed by atoms with Crippen LogP contribution in [0.25, 0.3) is 0 Å². The van der Waals surface area contributed by atoms with E-state index in [1.165, 1.54) is 12.1 Å². The van der Waals surface area contributed by atoms with E-state index in [9.17, 15) is 14.0 Å². The lowest BCUT2D eigenvalue weighted by Crippen LogP contribution is -2.50. The number of likely N-dealkylation sites (N-methyl/N-ethyl adjacent to an activating group) is 1. The average Bonchev–Trinajstić information content (AvgIpc) is 2.73. The Morgan fingerprint density at radius 2 is 1.60 bits per heavy atom. The second kappa shape index (κ2) is 9.91. The van der Waals surface area contributed by atoms with Gasteiger partial charge in [0.05, 0.1) is 16.1 Å². The Kier molecular flexibility index (Phi) is 7.29. The van der Waals surface area contributed by atoms with Gasteiger partial charge in [-0.3, -0.25) is 9.59 Å². The van der Waals surface area contributed by atoms with Gasteiger partial charge in [0.15, 0.2) is 0 Å². The molecule has 0 radical (unpaired) electrons. The van der Waals surface area contributed by atoms with Crippen LogP contribution in [0.5, 0.6) is 5.75 Å². The van der Waals surface area contributed by atoms with Crippen molar-refractivity contribution in [3.8, 4) is 5.75 Å². The van der Waals surface area contributed by atoms with Gasteiger partial charge in [0, 0.05) is 32.7 Å². The lowest BCUT2D eigenvalue weighted by atomic mass is 10.1. The molecule has 0 unspecified atom stereocenters. The molecule has 0 bridgehead atoms. The van der Waals surface area contributed by atoms with Gasteiger partial charge in [-0.1, -0.05) is 23.7 Å². The lowest BCUT2D eigenvalue weighted by molar-refractivity contribution is 0.0533. The van der Waals surface area contributed by atoms with Crippen LogP contribution in [0.4, 0.5) is 4.39 Å². The summed E-state index contributed by atoms with van der Waals surface area (Å²) >= 11 is 6.01. The Labute approximate surface area is 180 Å². The van der Waals surface area contributed by atoms with Gasteiger partial charge in [0.2, 0.25) is 0 Å². The second-order valence-corrected chi connectivity index (χ2v) is 7.76. The van der Waals surface area contributed by atoms with Gasteiger partial charge in [0.1, 0.15) is 18.2 Å². The first-order valence-electron chi connectivity index (χ1n) is 9.77. The third-order valence-corrected chi connectivity index (χ3v) is 5.24. The maximum atomic E-state index is 13.2. The van der Waals surface area contributed by atoms with Gasteiger partial charge < -0.3 is 19.4 Å². The number of nitrogens with zero attached hydrogens (tertiary/aromatic N) is 3. The molecule has 0 aliphatic carbocycles. The summed E-state index contributed by atoms with van der Waals surface area (Å²) in [4.78, 5) is 31.1. The summed E-state index contributed by atoms with van der Waals surface area (Å²) in [5.41, 5.74) is 0.773. The highest BCUT2D eigenvalue weighted by molar-refractivity contribution is 6.33. The number of ether oxygens (including phenoxy) is 1. The molecular weight excluding hydrogens is 409 g/mol. The van der Waals surface area contributed by atoms with E-state index in [0.29, 0.717) is 44.1 Å². The minimum atomic E-state index is -0.488. The van der Waals surface area contributed by atoms with Gasteiger partial charge >= 0.3 is 0 Å². The van der Waals surface area contributed by atoms with Crippen LogP contribution in [0.15, 0.2) is 42.5 Å².